The molecule has 1 amide bonds. The maximum absolute atomic E-state index is 11.9. The molecule has 0 aliphatic rings. The first-order valence-corrected chi connectivity index (χ1v) is 9.02. The van der Waals surface area contributed by atoms with Crippen LogP contribution in [0.5, 0.6) is 0 Å². The number of carbonyl (C=O) groups excluding carboxylic acids is 1. The molecule has 29 heavy (non-hydrogen) atoms. The van der Waals surface area contributed by atoms with Crippen molar-refractivity contribution in [2.75, 3.05) is 0 Å². The van der Waals surface area contributed by atoms with Crippen LogP contribution in [-0.2, 0) is 18.1 Å². The molecule has 1 heterocycles. The van der Waals surface area contributed by atoms with Gasteiger partial charge in [0.05, 0.1) is 11.6 Å². The molecular formula is C22H23N3O4. The quantitative estimate of drug-likeness (QED) is 0.724. The van der Waals surface area contributed by atoms with Gasteiger partial charge >= 0.3 is 11.8 Å². The van der Waals surface area contributed by atoms with Gasteiger partial charge in [-0.1, -0.05) is 30.3 Å². The smallest absolute Gasteiger partial charge is 0.419 e. The normalized spacial score (nSPS) is 14.3. The van der Waals surface area contributed by atoms with Gasteiger partial charge in [-0.2, -0.15) is 5.26 Å². The molecule has 0 aliphatic carbocycles. The number of nitriles is 1. The molecular weight excluding hydrogens is 370 g/mol. The first kappa shape index (κ1) is 16.4. The summed E-state index contributed by atoms with van der Waals surface area (Å²) in [6.45, 7) is 2.57. The summed E-state index contributed by atoms with van der Waals surface area (Å²) in [6.07, 6.45) is -0.371. The highest BCUT2D eigenvalue weighted by molar-refractivity contribution is 5.80. The molecule has 0 radical (unpaired) electrons. The van der Waals surface area contributed by atoms with Crippen molar-refractivity contribution in [3.63, 3.8) is 0 Å². The Balaban J connectivity index is 1.79. The molecule has 2 aromatic carbocycles. The lowest BCUT2D eigenvalue weighted by Gasteiger charge is -2.21. The predicted octanol–water partition coefficient (Wildman–Crippen LogP) is 3.76. The Hall–Kier alpha value is -3.53. The molecule has 7 nitrogen and oxygen atoms in total. The highest BCUT2D eigenvalue weighted by Gasteiger charge is 2.19. The van der Waals surface area contributed by atoms with E-state index in [4.69, 9.17) is 13.3 Å². The van der Waals surface area contributed by atoms with E-state index in [1.807, 2.05) is 30.3 Å². The van der Waals surface area contributed by atoms with Crippen LogP contribution in [0.2, 0.25) is 0 Å². The van der Waals surface area contributed by atoms with Crippen LogP contribution in [0, 0.1) is 11.3 Å². The fourth-order valence-corrected chi connectivity index (χ4v) is 2.84. The Morgan fingerprint density at radius 3 is 2.59 bits per heavy atom. The van der Waals surface area contributed by atoms with Gasteiger partial charge in [0.2, 0.25) is 0 Å². The molecule has 3 rings (SSSR count). The van der Waals surface area contributed by atoms with Crippen LogP contribution in [0.1, 0.15) is 30.4 Å². The van der Waals surface area contributed by atoms with E-state index in [0.29, 0.717) is 10.1 Å². The fourth-order valence-electron chi connectivity index (χ4n) is 2.84. The minimum atomic E-state index is -2.65. The lowest BCUT2D eigenvalue weighted by Crippen LogP contribution is -2.39. The number of oxazole rings is 1. The summed E-state index contributed by atoms with van der Waals surface area (Å²) in [5.74, 6) is -0.937. The highest BCUT2D eigenvalue weighted by Crippen LogP contribution is 2.24. The van der Waals surface area contributed by atoms with E-state index in [-0.39, 0.29) is 17.5 Å². The predicted molar refractivity (Wildman–Crippen MR) is 109 cm³/mol. The number of nitrogens with zero attached hydrogens (tertiary/aromatic N) is 2. The number of fused-ring (bicyclic) bond motifs is 1. The van der Waals surface area contributed by atoms with Crippen molar-refractivity contribution >= 4 is 17.2 Å². The Kier molecular flexibility index (Phi) is 4.44. The van der Waals surface area contributed by atoms with E-state index < -0.39 is 30.5 Å². The second-order valence-corrected chi connectivity index (χ2v) is 7.61. The summed E-state index contributed by atoms with van der Waals surface area (Å²) < 4.78 is 33.6. The van der Waals surface area contributed by atoms with E-state index in [1.165, 1.54) is 0 Å². The first-order valence-electron chi connectivity index (χ1n) is 10.5. The van der Waals surface area contributed by atoms with Crippen LogP contribution in [0.3, 0.4) is 0 Å². The Labute approximate surface area is 172 Å². The van der Waals surface area contributed by atoms with Gasteiger partial charge in [0.25, 0.3) is 0 Å². The molecule has 1 aromatic heterocycles. The van der Waals surface area contributed by atoms with Gasteiger partial charge in [-0.15, -0.1) is 0 Å². The fraction of sp³-hybridized carbons (Fsp3) is 0.318. The van der Waals surface area contributed by atoms with E-state index in [2.05, 4.69) is 5.32 Å². The molecule has 3 aromatic rings. The van der Waals surface area contributed by atoms with Crippen molar-refractivity contribution in [2.24, 2.45) is 6.98 Å². The molecule has 150 valence electrons. The third-order valence-electron chi connectivity index (χ3n) is 4.15. The number of hydrogen-bond acceptors (Lipinski definition) is 5. The zero-order valence-electron chi connectivity index (χ0n) is 19.4. The Morgan fingerprint density at radius 1 is 1.28 bits per heavy atom. The molecule has 0 spiro atoms. The number of alkyl carbamates (subject to hydrolysis) is 1. The zero-order valence-corrected chi connectivity index (χ0v) is 16.4. The Bertz CT molecular complexity index is 1230. The van der Waals surface area contributed by atoms with E-state index in [0.717, 1.165) is 11.1 Å². The molecule has 0 aliphatic heterocycles. The Morgan fingerprint density at radius 2 is 1.97 bits per heavy atom. The molecule has 0 unspecified atom stereocenters. The van der Waals surface area contributed by atoms with Crippen molar-refractivity contribution in [3.8, 4) is 17.2 Å². The number of benzene rings is 2. The van der Waals surface area contributed by atoms with Crippen LogP contribution < -0.4 is 11.1 Å². The van der Waals surface area contributed by atoms with Gasteiger partial charge in [-0.05, 0) is 49.6 Å². The van der Waals surface area contributed by atoms with Gasteiger partial charge in [0, 0.05) is 17.5 Å². The van der Waals surface area contributed by atoms with Crippen LogP contribution in [0.15, 0.2) is 51.7 Å². The molecule has 7 heteroatoms. The first-order chi connectivity index (χ1) is 14.9. The summed E-state index contributed by atoms with van der Waals surface area (Å²) in [5.41, 5.74) is 2.02. The average molecular weight is 396 g/mol. The molecule has 1 N–H and O–H groups in total. The zero-order chi connectivity index (χ0) is 23.7. The second kappa shape index (κ2) is 7.84. The molecule has 0 saturated heterocycles. The molecule has 0 fully saturated rings. The summed E-state index contributed by atoms with van der Waals surface area (Å²) in [6, 6.07) is 13.4. The van der Waals surface area contributed by atoms with Crippen LogP contribution >= 0.6 is 0 Å². The van der Waals surface area contributed by atoms with Gasteiger partial charge in [0.15, 0.2) is 5.58 Å². The summed E-state index contributed by atoms with van der Waals surface area (Å²) in [5, 5.41) is 11.9. The average Bonchev–Trinajstić information content (AvgIpc) is 3.01. The van der Waals surface area contributed by atoms with E-state index >= 15 is 0 Å². The van der Waals surface area contributed by atoms with Crippen molar-refractivity contribution in [3.05, 3.63) is 58.6 Å². The maximum Gasteiger partial charge on any atom is 0.419 e. The highest BCUT2D eigenvalue weighted by atomic mass is 16.6. The number of aryl methyl sites for hydroxylation is 1. The van der Waals surface area contributed by atoms with Gasteiger partial charge in [0.1, 0.15) is 11.6 Å². The van der Waals surface area contributed by atoms with Crippen molar-refractivity contribution < 1.29 is 18.1 Å². The van der Waals surface area contributed by atoms with Crippen molar-refractivity contribution in [1.29, 1.82) is 5.26 Å². The minimum Gasteiger partial charge on any atom is -0.444 e. The van der Waals surface area contributed by atoms with Gasteiger partial charge in [-0.25, -0.2) is 9.59 Å². The maximum atomic E-state index is 11.9. The SMILES string of the molecule is [2H]C([2H])([2H])n1c(=O)oc2ccc(-c3ccc(C[C@@H](C#N)NC(=O)OC(C)(C)C)cc3)cc21. The third kappa shape index (κ3) is 4.85. The third-order valence-corrected chi connectivity index (χ3v) is 4.15. The number of carbonyl (C=O) groups is 1. The number of amides is 1. The largest absolute Gasteiger partial charge is 0.444 e. The van der Waals surface area contributed by atoms with Crippen molar-refractivity contribution in [2.45, 2.75) is 38.8 Å². The number of ether oxygens (including phenoxy) is 1. The van der Waals surface area contributed by atoms with Crippen molar-refractivity contribution in [1.82, 2.24) is 9.88 Å². The summed E-state index contributed by atoms with van der Waals surface area (Å²) in [7, 11) is 0. The van der Waals surface area contributed by atoms with E-state index in [1.54, 1.807) is 39.0 Å². The lowest BCUT2D eigenvalue weighted by molar-refractivity contribution is 0.0516. The second-order valence-electron chi connectivity index (χ2n) is 7.61. The molecule has 0 saturated carbocycles. The number of rotatable bonds is 4. The number of nitrogens with one attached hydrogen (secondary N) is 1. The number of hydrogen-bond donors (Lipinski definition) is 1. The van der Waals surface area contributed by atoms with Crippen LogP contribution in [0.4, 0.5) is 4.79 Å². The van der Waals surface area contributed by atoms with Crippen LogP contribution in [-0.4, -0.2) is 22.3 Å². The number of aromatic nitrogens is 1. The molecule has 0 bridgehead atoms. The van der Waals surface area contributed by atoms with Gasteiger partial charge in [-0.3, -0.25) is 4.57 Å². The van der Waals surface area contributed by atoms with E-state index in [9.17, 15) is 14.9 Å². The monoisotopic (exact) mass is 396 g/mol. The topological polar surface area (TPSA) is 97.3 Å². The standard InChI is InChI=1S/C22H23N3O4/c1-22(2,3)29-20(26)24-17(13-23)11-14-5-7-15(8-6-14)16-9-10-19-18(12-16)25(4)21(27)28-19/h5-10,12,17H,11H2,1-4H3,(H,24,26)/t17-/m0/s1/i4D3. The van der Waals surface area contributed by atoms with Crippen LogP contribution in [0.25, 0.3) is 22.2 Å². The summed E-state index contributed by atoms with van der Waals surface area (Å²) in [4.78, 5) is 23.8. The molecule has 1 atom stereocenters. The minimum absolute atomic E-state index is 0.183. The summed E-state index contributed by atoms with van der Waals surface area (Å²) >= 11 is 0. The lowest BCUT2D eigenvalue weighted by atomic mass is 10.0. The van der Waals surface area contributed by atoms with Gasteiger partial charge < -0.3 is 14.5 Å².